The summed E-state index contributed by atoms with van der Waals surface area (Å²) in [5.41, 5.74) is 0.919. The molecule has 0 radical (unpaired) electrons. The SMILES string of the molecule is COc1cnc(C)cc1NCC(F)(F)F. The average molecular weight is 220 g/mol. The summed E-state index contributed by atoms with van der Waals surface area (Å²) in [7, 11) is 1.38. The number of aromatic nitrogens is 1. The first-order chi connectivity index (χ1) is 6.92. The second-order valence-corrected chi connectivity index (χ2v) is 2.99. The monoisotopic (exact) mass is 220 g/mol. The number of hydrogen-bond donors (Lipinski definition) is 1. The number of alkyl halides is 3. The van der Waals surface area contributed by atoms with Crippen molar-refractivity contribution < 1.29 is 17.9 Å². The molecular formula is C9H11F3N2O. The van der Waals surface area contributed by atoms with Crippen molar-refractivity contribution in [3.8, 4) is 5.75 Å². The van der Waals surface area contributed by atoms with Crippen LogP contribution in [-0.2, 0) is 0 Å². The van der Waals surface area contributed by atoms with E-state index in [1.165, 1.54) is 19.4 Å². The van der Waals surface area contributed by atoms with E-state index in [1.54, 1.807) is 6.92 Å². The molecule has 15 heavy (non-hydrogen) atoms. The predicted molar refractivity (Wildman–Crippen MR) is 50.1 cm³/mol. The minimum absolute atomic E-state index is 0.294. The van der Waals surface area contributed by atoms with Gasteiger partial charge in [-0.15, -0.1) is 0 Å². The molecule has 0 saturated heterocycles. The second kappa shape index (κ2) is 4.37. The molecule has 0 aromatic carbocycles. The maximum Gasteiger partial charge on any atom is 0.405 e. The van der Waals surface area contributed by atoms with Crippen LogP contribution < -0.4 is 10.1 Å². The lowest BCUT2D eigenvalue weighted by Crippen LogP contribution is -2.21. The predicted octanol–water partition coefficient (Wildman–Crippen LogP) is 2.37. The van der Waals surface area contributed by atoms with Crippen molar-refractivity contribution >= 4 is 5.69 Å². The number of nitrogens with zero attached hydrogens (tertiary/aromatic N) is 1. The van der Waals surface area contributed by atoms with E-state index >= 15 is 0 Å². The lowest BCUT2D eigenvalue weighted by molar-refractivity contribution is -0.115. The first kappa shape index (κ1) is 11.6. The summed E-state index contributed by atoms with van der Waals surface area (Å²) in [4.78, 5) is 3.91. The van der Waals surface area contributed by atoms with Crippen LogP contribution in [-0.4, -0.2) is 24.8 Å². The molecule has 3 nitrogen and oxygen atoms in total. The Kier molecular flexibility index (Phi) is 3.39. The maximum atomic E-state index is 12.0. The summed E-state index contributed by atoms with van der Waals surface area (Å²) in [6, 6.07) is 1.50. The van der Waals surface area contributed by atoms with Crippen molar-refractivity contribution in [1.29, 1.82) is 0 Å². The van der Waals surface area contributed by atoms with Crippen LogP contribution in [0.15, 0.2) is 12.3 Å². The normalized spacial score (nSPS) is 11.3. The molecule has 1 heterocycles. The lowest BCUT2D eigenvalue weighted by Gasteiger charge is -2.12. The summed E-state index contributed by atoms with van der Waals surface area (Å²) in [6.07, 6.45) is -2.86. The molecule has 1 aromatic rings. The van der Waals surface area contributed by atoms with Crippen molar-refractivity contribution in [2.75, 3.05) is 19.0 Å². The number of hydrogen-bond acceptors (Lipinski definition) is 3. The number of aryl methyl sites for hydroxylation is 1. The van der Waals surface area contributed by atoms with Gasteiger partial charge < -0.3 is 10.1 Å². The number of ether oxygens (including phenoxy) is 1. The zero-order valence-electron chi connectivity index (χ0n) is 8.35. The summed E-state index contributed by atoms with van der Waals surface area (Å²) in [5.74, 6) is 0.296. The van der Waals surface area contributed by atoms with Crippen molar-refractivity contribution in [2.24, 2.45) is 0 Å². The van der Waals surface area contributed by atoms with Gasteiger partial charge in [0.05, 0.1) is 19.0 Å². The van der Waals surface area contributed by atoms with E-state index in [9.17, 15) is 13.2 Å². The van der Waals surface area contributed by atoms with Gasteiger partial charge in [-0.2, -0.15) is 13.2 Å². The smallest absolute Gasteiger partial charge is 0.405 e. The Morgan fingerprint density at radius 2 is 2.13 bits per heavy atom. The van der Waals surface area contributed by atoms with Gasteiger partial charge in [0.15, 0.2) is 5.75 Å². The van der Waals surface area contributed by atoms with Crippen molar-refractivity contribution in [1.82, 2.24) is 4.98 Å². The van der Waals surface area contributed by atoms with Gasteiger partial charge in [0.2, 0.25) is 0 Å². The van der Waals surface area contributed by atoms with E-state index in [1.807, 2.05) is 0 Å². The molecule has 0 spiro atoms. The Morgan fingerprint density at radius 1 is 1.47 bits per heavy atom. The molecule has 0 atom stereocenters. The molecule has 0 aliphatic heterocycles. The van der Waals surface area contributed by atoms with Crippen LogP contribution in [0.25, 0.3) is 0 Å². The van der Waals surface area contributed by atoms with Crippen LogP contribution >= 0.6 is 0 Å². The van der Waals surface area contributed by atoms with Crippen molar-refractivity contribution in [3.63, 3.8) is 0 Å². The van der Waals surface area contributed by atoms with Gasteiger partial charge in [-0.05, 0) is 13.0 Å². The number of pyridine rings is 1. The molecule has 0 aliphatic rings. The Balaban J connectivity index is 2.79. The van der Waals surface area contributed by atoms with Gasteiger partial charge >= 0.3 is 6.18 Å². The fourth-order valence-corrected chi connectivity index (χ4v) is 1.04. The minimum atomic E-state index is -4.25. The fraction of sp³-hybridized carbons (Fsp3) is 0.444. The third-order valence-electron chi connectivity index (χ3n) is 1.70. The van der Waals surface area contributed by atoms with Crippen LogP contribution in [0.3, 0.4) is 0 Å². The van der Waals surface area contributed by atoms with Crippen molar-refractivity contribution in [2.45, 2.75) is 13.1 Å². The standard InChI is InChI=1S/C9H11F3N2O/c1-6-3-7(8(15-2)4-13-6)14-5-9(10,11)12/h3-4H,5H2,1-2H3,(H,13,14). The summed E-state index contributed by atoms with van der Waals surface area (Å²) in [5, 5.41) is 2.25. The Labute approximate surface area is 85.3 Å². The molecule has 0 saturated carbocycles. The second-order valence-electron chi connectivity index (χ2n) is 2.99. The van der Waals surface area contributed by atoms with Crippen LogP contribution in [0.4, 0.5) is 18.9 Å². The number of rotatable bonds is 3. The summed E-state index contributed by atoms with van der Waals surface area (Å²) < 4.78 is 40.7. The van der Waals surface area contributed by atoms with Gasteiger partial charge in [0, 0.05) is 5.69 Å². The van der Waals surface area contributed by atoms with Crippen LogP contribution in [0.1, 0.15) is 5.69 Å². The van der Waals surface area contributed by atoms with Crippen LogP contribution in [0, 0.1) is 6.92 Å². The quantitative estimate of drug-likeness (QED) is 0.849. The Morgan fingerprint density at radius 3 is 2.67 bits per heavy atom. The third-order valence-corrected chi connectivity index (χ3v) is 1.70. The highest BCUT2D eigenvalue weighted by atomic mass is 19.4. The maximum absolute atomic E-state index is 12.0. The minimum Gasteiger partial charge on any atom is -0.493 e. The number of nitrogens with one attached hydrogen (secondary N) is 1. The molecule has 0 fully saturated rings. The van der Waals surface area contributed by atoms with Gasteiger partial charge in [-0.3, -0.25) is 4.98 Å². The fourth-order valence-electron chi connectivity index (χ4n) is 1.04. The molecular weight excluding hydrogens is 209 g/mol. The molecule has 84 valence electrons. The zero-order chi connectivity index (χ0) is 11.5. The Bertz CT molecular complexity index is 339. The molecule has 1 rings (SSSR count). The Hall–Kier alpha value is -1.46. The molecule has 0 amide bonds. The number of methoxy groups -OCH3 is 1. The van der Waals surface area contributed by atoms with E-state index < -0.39 is 12.7 Å². The van der Waals surface area contributed by atoms with Crippen LogP contribution in [0.5, 0.6) is 5.75 Å². The molecule has 1 N–H and O–H groups in total. The van der Waals surface area contributed by atoms with E-state index in [0.717, 1.165) is 0 Å². The number of halogens is 3. The van der Waals surface area contributed by atoms with Gasteiger partial charge in [-0.25, -0.2) is 0 Å². The van der Waals surface area contributed by atoms with Crippen LogP contribution in [0.2, 0.25) is 0 Å². The first-order valence-corrected chi connectivity index (χ1v) is 4.23. The van der Waals surface area contributed by atoms with E-state index in [4.69, 9.17) is 4.74 Å². The molecule has 1 aromatic heterocycles. The van der Waals surface area contributed by atoms with Gasteiger partial charge in [0.25, 0.3) is 0 Å². The first-order valence-electron chi connectivity index (χ1n) is 4.23. The molecule has 0 unspecified atom stereocenters. The highest BCUT2D eigenvalue weighted by molar-refractivity contribution is 5.55. The molecule has 6 heteroatoms. The van der Waals surface area contributed by atoms with Gasteiger partial charge in [-0.1, -0.05) is 0 Å². The lowest BCUT2D eigenvalue weighted by atomic mass is 10.3. The van der Waals surface area contributed by atoms with Gasteiger partial charge in [0.1, 0.15) is 6.54 Å². The summed E-state index contributed by atoms with van der Waals surface area (Å²) in [6.45, 7) is 0.602. The van der Waals surface area contributed by atoms with E-state index in [0.29, 0.717) is 17.1 Å². The largest absolute Gasteiger partial charge is 0.493 e. The van der Waals surface area contributed by atoms with E-state index in [-0.39, 0.29) is 0 Å². The van der Waals surface area contributed by atoms with E-state index in [2.05, 4.69) is 10.3 Å². The average Bonchev–Trinajstić information content (AvgIpc) is 2.14. The number of anilines is 1. The molecule has 0 aliphatic carbocycles. The highest BCUT2D eigenvalue weighted by Gasteiger charge is 2.27. The topological polar surface area (TPSA) is 34.1 Å². The highest BCUT2D eigenvalue weighted by Crippen LogP contribution is 2.25. The third kappa shape index (κ3) is 3.65. The zero-order valence-corrected chi connectivity index (χ0v) is 8.35. The molecule has 0 bridgehead atoms. The van der Waals surface area contributed by atoms with Crippen molar-refractivity contribution in [3.05, 3.63) is 18.0 Å². The summed E-state index contributed by atoms with van der Waals surface area (Å²) >= 11 is 0.